The van der Waals surface area contributed by atoms with Gasteiger partial charge < -0.3 is 9.64 Å². The van der Waals surface area contributed by atoms with Crippen molar-refractivity contribution in [3.05, 3.63) is 54.1 Å². The maximum Gasteiger partial charge on any atom is 0.265 e. The molecule has 0 aromatic heterocycles. The van der Waals surface area contributed by atoms with Crippen LogP contribution in [0.1, 0.15) is 38.7 Å². The van der Waals surface area contributed by atoms with Crippen molar-refractivity contribution in [2.75, 3.05) is 44.2 Å². The van der Waals surface area contributed by atoms with Gasteiger partial charge in [-0.2, -0.15) is 4.31 Å². The van der Waals surface area contributed by atoms with Gasteiger partial charge in [-0.25, -0.2) is 8.42 Å². The number of carbonyl (C=O) groups is 2. The first-order valence-corrected chi connectivity index (χ1v) is 15.0. The molecular weight excluding hydrogens is 502 g/mol. The molecule has 2 aromatic carbocycles. The van der Waals surface area contributed by atoms with Crippen molar-refractivity contribution >= 4 is 27.5 Å². The highest BCUT2D eigenvalue weighted by atomic mass is 32.2. The summed E-state index contributed by atoms with van der Waals surface area (Å²) in [6, 6.07) is 15.0. The summed E-state index contributed by atoms with van der Waals surface area (Å²) in [6.07, 6.45) is 3.84. The fraction of sp³-hybridized carbons (Fsp3) is 0.517. The molecule has 9 heteroatoms. The SMILES string of the molecule is CC1CC(C)CN(S(=O)(=O)c2ccc3c(c2)N(CC(=O)N2CCC(Cc4ccccc4)CC2)C(=O)CO3)C1. The molecule has 2 amide bonds. The summed E-state index contributed by atoms with van der Waals surface area (Å²) in [5, 5.41) is 0. The van der Waals surface area contributed by atoms with Crippen molar-refractivity contribution in [3.63, 3.8) is 0 Å². The molecule has 2 atom stereocenters. The zero-order chi connectivity index (χ0) is 26.9. The number of fused-ring (bicyclic) bond motifs is 1. The minimum atomic E-state index is -3.74. The van der Waals surface area contributed by atoms with Gasteiger partial charge in [-0.3, -0.25) is 14.5 Å². The molecule has 2 fully saturated rings. The van der Waals surface area contributed by atoms with E-state index in [0.717, 1.165) is 25.7 Å². The van der Waals surface area contributed by atoms with E-state index in [0.29, 0.717) is 43.5 Å². The summed E-state index contributed by atoms with van der Waals surface area (Å²) in [5.74, 6) is 1.03. The highest BCUT2D eigenvalue weighted by Gasteiger charge is 2.35. The van der Waals surface area contributed by atoms with Gasteiger partial charge in [0.1, 0.15) is 12.3 Å². The third-order valence-electron chi connectivity index (χ3n) is 7.97. The Labute approximate surface area is 225 Å². The van der Waals surface area contributed by atoms with Gasteiger partial charge in [0, 0.05) is 26.2 Å². The number of hydrogen-bond acceptors (Lipinski definition) is 5. The Bertz CT molecular complexity index is 1260. The summed E-state index contributed by atoms with van der Waals surface area (Å²) in [7, 11) is -3.74. The number of benzene rings is 2. The van der Waals surface area contributed by atoms with Crippen LogP contribution in [-0.2, 0) is 26.0 Å². The number of nitrogens with zero attached hydrogens (tertiary/aromatic N) is 3. The topological polar surface area (TPSA) is 87.2 Å². The number of anilines is 1. The summed E-state index contributed by atoms with van der Waals surface area (Å²) >= 11 is 0. The van der Waals surface area contributed by atoms with Gasteiger partial charge in [0.25, 0.3) is 5.91 Å². The van der Waals surface area contributed by atoms with Crippen LogP contribution in [-0.4, -0.2) is 68.8 Å². The highest BCUT2D eigenvalue weighted by Crippen LogP contribution is 2.36. The van der Waals surface area contributed by atoms with Gasteiger partial charge >= 0.3 is 0 Å². The number of rotatable bonds is 6. The maximum atomic E-state index is 13.5. The van der Waals surface area contributed by atoms with Crippen LogP contribution in [0.5, 0.6) is 5.75 Å². The molecule has 0 radical (unpaired) electrons. The molecule has 3 aliphatic heterocycles. The number of likely N-dealkylation sites (tertiary alicyclic amines) is 1. The lowest BCUT2D eigenvalue weighted by atomic mass is 9.90. The van der Waals surface area contributed by atoms with E-state index in [1.165, 1.54) is 26.9 Å². The predicted octanol–water partition coefficient (Wildman–Crippen LogP) is 3.56. The fourth-order valence-corrected chi connectivity index (χ4v) is 7.74. The van der Waals surface area contributed by atoms with E-state index in [-0.39, 0.29) is 41.7 Å². The Balaban J connectivity index is 1.28. The average molecular weight is 540 g/mol. The second-order valence-corrected chi connectivity index (χ2v) is 13.1. The van der Waals surface area contributed by atoms with Crippen LogP contribution in [0.2, 0.25) is 0 Å². The number of amides is 2. The Morgan fingerprint density at radius 3 is 2.37 bits per heavy atom. The summed E-state index contributed by atoms with van der Waals surface area (Å²) in [5.41, 5.74) is 1.65. The predicted molar refractivity (Wildman–Crippen MR) is 145 cm³/mol. The van der Waals surface area contributed by atoms with E-state index in [9.17, 15) is 18.0 Å². The van der Waals surface area contributed by atoms with Crippen molar-refractivity contribution in [1.82, 2.24) is 9.21 Å². The Morgan fingerprint density at radius 2 is 1.68 bits per heavy atom. The molecule has 2 unspecified atom stereocenters. The number of ether oxygens (including phenoxy) is 1. The lowest BCUT2D eigenvalue weighted by Gasteiger charge is -2.36. The minimum absolute atomic E-state index is 0.120. The van der Waals surface area contributed by atoms with E-state index in [1.807, 2.05) is 11.0 Å². The first-order valence-electron chi connectivity index (χ1n) is 13.6. The Kier molecular flexibility index (Phi) is 7.77. The molecule has 0 bridgehead atoms. The Morgan fingerprint density at radius 1 is 1.00 bits per heavy atom. The highest BCUT2D eigenvalue weighted by molar-refractivity contribution is 7.89. The molecule has 0 N–H and O–H groups in total. The zero-order valence-corrected chi connectivity index (χ0v) is 23.0. The van der Waals surface area contributed by atoms with Crippen molar-refractivity contribution in [1.29, 1.82) is 0 Å². The lowest BCUT2D eigenvalue weighted by Crippen LogP contribution is -2.48. The van der Waals surface area contributed by atoms with Gasteiger partial charge in [-0.15, -0.1) is 0 Å². The summed E-state index contributed by atoms with van der Waals surface area (Å²) in [4.78, 5) is 29.4. The fourth-order valence-electron chi connectivity index (χ4n) is 6.04. The second kappa shape index (κ2) is 11.1. The van der Waals surface area contributed by atoms with Crippen molar-refractivity contribution in [3.8, 4) is 5.75 Å². The second-order valence-electron chi connectivity index (χ2n) is 11.2. The molecule has 8 nitrogen and oxygen atoms in total. The monoisotopic (exact) mass is 539 g/mol. The van der Waals surface area contributed by atoms with Crippen LogP contribution in [0.25, 0.3) is 0 Å². The third kappa shape index (κ3) is 5.73. The zero-order valence-electron chi connectivity index (χ0n) is 22.2. The molecule has 0 aliphatic carbocycles. The molecule has 3 aliphatic rings. The molecule has 204 valence electrons. The van der Waals surface area contributed by atoms with Crippen molar-refractivity contribution in [2.24, 2.45) is 17.8 Å². The van der Waals surface area contributed by atoms with E-state index in [4.69, 9.17) is 4.74 Å². The van der Waals surface area contributed by atoms with Gasteiger partial charge in [0.2, 0.25) is 15.9 Å². The van der Waals surface area contributed by atoms with Crippen LogP contribution in [0.15, 0.2) is 53.4 Å². The van der Waals surface area contributed by atoms with Gasteiger partial charge in [-0.05, 0) is 67.2 Å². The first-order chi connectivity index (χ1) is 18.2. The average Bonchev–Trinajstić information content (AvgIpc) is 2.90. The minimum Gasteiger partial charge on any atom is -0.482 e. The third-order valence-corrected chi connectivity index (χ3v) is 9.80. The normalized spacial score (nSPS) is 23.2. The van der Waals surface area contributed by atoms with Gasteiger partial charge in [-0.1, -0.05) is 44.2 Å². The molecule has 3 heterocycles. The standard InChI is InChI=1S/C29H37N3O5S/c1-21-14-22(2)18-31(17-21)38(35,36)25-8-9-27-26(16-25)32(29(34)20-37-27)19-28(33)30-12-10-24(11-13-30)15-23-6-4-3-5-7-23/h3-9,16,21-22,24H,10-15,17-20H2,1-2H3. The van der Waals surface area contributed by atoms with E-state index >= 15 is 0 Å². The van der Waals surface area contributed by atoms with Crippen molar-refractivity contribution < 1.29 is 22.7 Å². The van der Waals surface area contributed by atoms with E-state index in [2.05, 4.69) is 38.1 Å². The number of piperidine rings is 2. The molecule has 2 saturated heterocycles. The van der Waals surface area contributed by atoms with Crippen LogP contribution in [0, 0.1) is 17.8 Å². The summed E-state index contributed by atoms with van der Waals surface area (Å²) in [6.45, 7) is 6.09. The van der Waals surface area contributed by atoms with Gasteiger partial charge in [0.05, 0.1) is 10.6 Å². The number of sulfonamides is 1. The molecule has 2 aromatic rings. The number of carbonyl (C=O) groups excluding carboxylic acids is 2. The molecule has 38 heavy (non-hydrogen) atoms. The summed E-state index contributed by atoms with van der Waals surface area (Å²) < 4.78 is 34.1. The van der Waals surface area contributed by atoms with Crippen LogP contribution < -0.4 is 9.64 Å². The molecular formula is C29H37N3O5S. The van der Waals surface area contributed by atoms with Crippen LogP contribution in [0.3, 0.4) is 0 Å². The smallest absolute Gasteiger partial charge is 0.265 e. The first kappa shape index (κ1) is 26.7. The largest absolute Gasteiger partial charge is 0.482 e. The Hall–Kier alpha value is -2.91. The van der Waals surface area contributed by atoms with Gasteiger partial charge in [0.15, 0.2) is 6.61 Å². The molecule has 0 spiro atoms. The maximum absolute atomic E-state index is 13.5. The lowest BCUT2D eigenvalue weighted by molar-refractivity contribution is -0.133. The quantitative estimate of drug-likeness (QED) is 0.560. The molecule has 5 rings (SSSR count). The van der Waals surface area contributed by atoms with Crippen LogP contribution >= 0.6 is 0 Å². The molecule has 0 saturated carbocycles. The van der Waals surface area contributed by atoms with E-state index in [1.54, 1.807) is 6.07 Å². The van der Waals surface area contributed by atoms with E-state index < -0.39 is 10.0 Å². The number of hydrogen-bond donors (Lipinski definition) is 0. The van der Waals surface area contributed by atoms with Crippen LogP contribution in [0.4, 0.5) is 5.69 Å². The van der Waals surface area contributed by atoms with Crippen molar-refractivity contribution in [2.45, 2.75) is 44.4 Å².